The van der Waals surface area contributed by atoms with Crippen LogP contribution in [-0.2, 0) is 0 Å². The second-order valence-corrected chi connectivity index (χ2v) is 8.48. The van der Waals surface area contributed by atoms with E-state index in [2.05, 4.69) is 109 Å². The van der Waals surface area contributed by atoms with E-state index in [1.54, 1.807) is 0 Å². The molecule has 0 spiro atoms. The first kappa shape index (κ1) is 18.2. The Kier molecular flexibility index (Phi) is 4.12. The fraction of sp³-hybridized carbons (Fsp3) is 0.0345. The number of nitrogens with zero attached hydrogens (tertiary/aromatic N) is 1. The van der Waals surface area contributed by atoms with Crippen LogP contribution in [0.3, 0.4) is 0 Å². The number of aryl methyl sites for hydroxylation is 1. The molecule has 0 radical (unpaired) electrons. The topological polar surface area (TPSA) is 4.93 Å². The van der Waals surface area contributed by atoms with Gasteiger partial charge < -0.3 is 4.57 Å². The first-order valence-electron chi connectivity index (χ1n) is 10.5. The van der Waals surface area contributed by atoms with Gasteiger partial charge in [-0.05, 0) is 53.1 Å². The van der Waals surface area contributed by atoms with Crippen LogP contribution in [0.15, 0.2) is 103 Å². The molecule has 1 aromatic heterocycles. The molecule has 5 aromatic carbocycles. The van der Waals surface area contributed by atoms with Crippen LogP contribution in [0, 0.1) is 6.92 Å². The van der Waals surface area contributed by atoms with Gasteiger partial charge in [-0.2, -0.15) is 0 Å². The minimum absolute atomic E-state index is 0.748. The number of halogens is 1. The number of benzene rings is 5. The molecule has 0 bridgehead atoms. The lowest BCUT2D eigenvalue weighted by molar-refractivity contribution is 1.15. The van der Waals surface area contributed by atoms with Crippen LogP contribution < -0.4 is 0 Å². The summed E-state index contributed by atoms with van der Waals surface area (Å²) in [6.07, 6.45) is 0. The zero-order valence-corrected chi connectivity index (χ0v) is 17.9. The Morgan fingerprint density at radius 2 is 1.39 bits per heavy atom. The first-order valence-corrected chi connectivity index (χ1v) is 10.9. The van der Waals surface area contributed by atoms with E-state index in [-0.39, 0.29) is 0 Å². The fourth-order valence-corrected chi connectivity index (χ4v) is 4.90. The van der Waals surface area contributed by atoms with E-state index in [1.807, 2.05) is 6.07 Å². The standard InChI is InChI=1S/C29H20ClN/c1-19-7-6-11-24(22-14-13-20-8-2-3-9-21(20)17-22)29(19)31-27-12-5-4-10-25(27)26-16-15-23(30)18-28(26)31/h2-18H,1H3. The van der Waals surface area contributed by atoms with Crippen molar-refractivity contribution in [3.63, 3.8) is 0 Å². The lowest BCUT2D eigenvalue weighted by Crippen LogP contribution is -2.00. The third kappa shape index (κ3) is 2.85. The molecule has 0 unspecified atom stereocenters. The molecule has 0 N–H and O–H groups in total. The first-order chi connectivity index (χ1) is 15.2. The van der Waals surface area contributed by atoms with Gasteiger partial charge in [-0.15, -0.1) is 0 Å². The van der Waals surface area contributed by atoms with Crippen molar-refractivity contribution in [1.82, 2.24) is 4.57 Å². The van der Waals surface area contributed by atoms with Crippen LogP contribution >= 0.6 is 11.6 Å². The van der Waals surface area contributed by atoms with Crippen LogP contribution in [0.25, 0.3) is 49.4 Å². The van der Waals surface area contributed by atoms with E-state index in [0.717, 1.165) is 10.5 Å². The molecule has 0 amide bonds. The Hall–Kier alpha value is -3.55. The molecule has 1 heterocycles. The third-order valence-corrected chi connectivity index (χ3v) is 6.39. The molecule has 0 aliphatic heterocycles. The van der Waals surface area contributed by atoms with Crippen molar-refractivity contribution in [3.8, 4) is 16.8 Å². The summed E-state index contributed by atoms with van der Waals surface area (Å²) in [7, 11) is 0. The Morgan fingerprint density at radius 3 is 2.29 bits per heavy atom. The highest BCUT2D eigenvalue weighted by Gasteiger charge is 2.17. The molecule has 0 atom stereocenters. The number of fused-ring (bicyclic) bond motifs is 4. The van der Waals surface area contributed by atoms with Crippen LogP contribution in [0.5, 0.6) is 0 Å². The molecule has 0 aliphatic carbocycles. The number of rotatable bonds is 2. The van der Waals surface area contributed by atoms with Gasteiger partial charge in [-0.25, -0.2) is 0 Å². The van der Waals surface area contributed by atoms with Crippen molar-refractivity contribution < 1.29 is 0 Å². The van der Waals surface area contributed by atoms with Crippen LogP contribution in [0.2, 0.25) is 5.02 Å². The van der Waals surface area contributed by atoms with Gasteiger partial charge in [-0.1, -0.05) is 90.5 Å². The number of para-hydroxylation sites is 2. The molecule has 0 aliphatic rings. The molecule has 6 aromatic rings. The predicted molar refractivity (Wildman–Crippen MR) is 133 cm³/mol. The Labute approximate surface area is 186 Å². The maximum Gasteiger partial charge on any atom is 0.0569 e. The van der Waals surface area contributed by atoms with Crippen molar-refractivity contribution >= 4 is 44.2 Å². The maximum atomic E-state index is 6.45. The highest BCUT2D eigenvalue weighted by molar-refractivity contribution is 6.31. The monoisotopic (exact) mass is 417 g/mol. The molecule has 148 valence electrons. The summed E-state index contributed by atoms with van der Waals surface area (Å²) >= 11 is 6.45. The molecule has 31 heavy (non-hydrogen) atoms. The summed E-state index contributed by atoms with van der Waals surface area (Å²) in [4.78, 5) is 0. The quantitative estimate of drug-likeness (QED) is 0.266. The fourth-order valence-electron chi connectivity index (χ4n) is 4.73. The van der Waals surface area contributed by atoms with E-state index in [1.165, 1.54) is 49.4 Å². The molecule has 0 saturated carbocycles. The van der Waals surface area contributed by atoms with Crippen molar-refractivity contribution in [2.24, 2.45) is 0 Å². The SMILES string of the molecule is Cc1cccc(-c2ccc3ccccc3c2)c1-n1c2ccccc2c2ccc(Cl)cc21. The highest BCUT2D eigenvalue weighted by atomic mass is 35.5. The van der Waals surface area contributed by atoms with Crippen molar-refractivity contribution in [1.29, 1.82) is 0 Å². The summed E-state index contributed by atoms with van der Waals surface area (Å²) < 4.78 is 2.37. The Bertz CT molecular complexity index is 1610. The van der Waals surface area contributed by atoms with Gasteiger partial charge in [0, 0.05) is 21.4 Å². The second-order valence-electron chi connectivity index (χ2n) is 8.05. The Balaban J connectivity index is 1.73. The van der Waals surface area contributed by atoms with Gasteiger partial charge >= 0.3 is 0 Å². The van der Waals surface area contributed by atoms with E-state index >= 15 is 0 Å². The summed E-state index contributed by atoms with van der Waals surface area (Å²) in [5.41, 5.74) is 7.18. The summed E-state index contributed by atoms with van der Waals surface area (Å²) in [5, 5.41) is 5.70. The predicted octanol–water partition coefficient (Wildman–Crippen LogP) is 8.57. The van der Waals surface area contributed by atoms with Crippen LogP contribution in [0.4, 0.5) is 0 Å². The molecule has 6 rings (SSSR count). The molecule has 0 fully saturated rings. The van der Waals surface area contributed by atoms with E-state index in [0.29, 0.717) is 0 Å². The minimum atomic E-state index is 0.748. The van der Waals surface area contributed by atoms with Gasteiger partial charge in [0.1, 0.15) is 0 Å². The van der Waals surface area contributed by atoms with E-state index in [9.17, 15) is 0 Å². The van der Waals surface area contributed by atoms with Gasteiger partial charge in [-0.3, -0.25) is 0 Å². The normalized spacial score (nSPS) is 11.5. The Morgan fingerprint density at radius 1 is 0.613 bits per heavy atom. The van der Waals surface area contributed by atoms with Gasteiger partial charge in [0.2, 0.25) is 0 Å². The van der Waals surface area contributed by atoms with Crippen molar-refractivity contribution in [2.45, 2.75) is 6.92 Å². The van der Waals surface area contributed by atoms with E-state index in [4.69, 9.17) is 11.6 Å². The molecular formula is C29H20ClN. The average Bonchev–Trinajstić information content (AvgIpc) is 3.12. The molecule has 0 saturated heterocycles. The average molecular weight is 418 g/mol. The van der Waals surface area contributed by atoms with Gasteiger partial charge in [0.15, 0.2) is 0 Å². The number of aromatic nitrogens is 1. The maximum absolute atomic E-state index is 6.45. The molecular weight excluding hydrogens is 398 g/mol. The van der Waals surface area contributed by atoms with Crippen LogP contribution in [-0.4, -0.2) is 4.57 Å². The van der Waals surface area contributed by atoms with Crippen molar-refractivity contribution in [2.75, 3.05) is 0 Å². The van der Waals surface area contributed by atoms with Crippen molar-refractivity contribution in [3.05, 3.63) is 114 Å². The summed E-state index contributed by atoms with van der Waals surface area (Å²) in [6, 6.07) is 36.6. The molecule has 1 nitrogen and oxygen atoms in total. The van der Waals surface area contributed by atoms with Gasteiger partial charge in [0.05, 0.1) is 16.7 Å². The smallest absolute Gasteiger partial charge is 0.0569 e. The highest BCUT2D eigenvalue weighted by Crippen LogP contribution is 2.39. The minimum Gasteiger partial charge on any atom is -0.308 e. The van der Waals surface area contributed by atoms with E-state index < -0.39 is 0 Å². The number of hydrogen-bond acceptors (Lipinski definition) is 0. The summed E-state index contributed by atoms with van der Waals surface area (Å²) in [5.74, 6) is 0. The summed E-state index contributed by atoms with van der Waals surface area (Å²) in [6.45, 7) is 2.19. The lowest BCUT2D eigenvalue weighted by atomic mass is 9.97. The van der Waals surface area contributed by atoms with Crippen LogP contribution in [0.1, 0.15) is 5.56 Å². The molecule has 2 heteroatoms. The second kappa shape index (κ2) is 7.01. The third-order valence-electron chi connectivity index (χ3n) is 6.16. The zero-order valence-electron chi connectivity index (χ0n) is 17.1. The number of hydrogen-bond donors (Lipinski definition) is 0. The zero-order chi connectivity index (χ0) is 20.9. The lowest BCUT2D eigenvalue weighted by Gasteiger charge is -2.17. The largest absolute Gasteiger partial charge is 0.308 e. The van der Waals surface area contributed by atoms with Gasteiger partial charge in [0.25, 0.3) is 0 Å².